The van der Waals surface area contributed by atoms with Crippen molar-refractivity contribution in [1.29, 1.82) is 0 Å². The number of hydrogen-bond donors (Lipinski definition) is 3. The Hall–Kier alpha value is -1.94. The number of phosphoric ester groups is 2. The highest BCUT2D eigenvalue weighted by Gasteiger charge is 2.30. The number of unbranched alkanes of at least 4 members (excludes halogenated alkanes) is 43. The van der Waals surface area contributed by atoms with E-state index in [2.05, 4.69) is 55.4 Å². The van der Waals surface area contributed by atoms with Gasteiger partial charge in [-0.15, -0.1) is 0 Å². The van der Waals surface area contributed by atoms with Crippen LogP contribution < -0.4 is 0 Å². The summed E-state index contributed by atoms with van der Waals surface area (Å²) in [6.07, 6.45) is 58.1. The van der Waals surface area contributed by atoms with Gasteiger partial charge in [0.25, 0.3) is 0 Å². The highest BCUT2D eigenvalue weighted by atomic mass is 31.2. The molecule has 7 atom stereocenters. The molecule has 0 bridgehead atoms. The molecule has 0 radical (unpaired) electrons. The molecular formula is C82H160O17P2. The Balaban J connectivity index is 5.28. The van der Waals surface area contributed by atoms with Crippen molar-refractivity contribution in [2.75, 3.05) is 39.6 Å². The number of carbonyl (C=O) groups excluding carboxylic acids is 4. The van der Waals surface area contributed by atoms with E-state index in [1.165, 1.54) is 225 Å². The second-order valence-electron chi connectivity index (χ2n) is 31.0. The first-order valence-corrected chi connectivity index (χ1v) is 45.3. The molecule has 3 N–H and O–H groups in total. The molecule has 0 aliphatic carbocycles. The maximum Gasteiger partial charge on any atom is 0.472 e. The summed E-state index contributed by atoms with van der Waals surface area (Å²) in [6.45, 7) is 14.3. The molecule has 0 saturated heterocycles. The molecule has 0 aromatic heterocycles. The van der Waals surface area contributed by atoms with Crippen LogP contribution in [0, 0.1) is 23.7 Å². The zero-order valence-corrected chi connectivity index (χ0v) is 68.3. The average Bonchev–Trinajstić information content (AvgIpc) is 0.957. The van der Waals surface area contributed by atoms with E-state index >= 15 is 0 Å². The van der Waals surface area contributed by atoms with Gasteiger partial charge in [-0.3, -0.25) is 37.3 Å². The van der Waals surface area contributed by atoms with Gasteiger partial charge in [0.05, 0.1) is 26.4 Å². The van der Waals surface area contributed by atoms with Crippen molar-refractivity contribution in [3.8, 4) is 0 Å². The van der Waals surface area contributed by atoms with Gasteiger partial charge in [0, 0.05) is 25.7 Å². The molecule has 4 unspecified atom stereocenters. The third-order valence-corrected chi connectivity index (χ3v) is 21.7. The molecule has 0 aliphatic heterocycles. The molecule has 0 fully saturated rings. The lowest BCUT2D eigenvalue weighted by Gasteiger charge is -2.21. The fourth-order valence-electron chi connectivity index (χ4n) is 12.5. The van der Waals surface area contributed by atoms with Crippen LogP contribution in [0.1, 0.15) is 421 Å². The van der Waals surface area contributed by atoms with Crippen molar-refractivity contribution in [1.82, 2.24) is 0 Å². The lowest BCUT2D eigenvalue weighted by Crippen LogP contribution is -2.30. The molecule has 0 spiro atoms. The van der Waals surface area contributed by atoms with Gasteiger partial charge in [-0.2, -0.15) is 0 Å². The first kappa shape index (κ1) is 99.1. The number of rotatable bonds is 79. The lowest BCUT2D eigenvalue weighted by molar-refractivity contribution is -0.161. The summed E-state index contributed by atoms with van der Waals surface area (Å²) in [5.74, 6) is 1.08. The van der Waals surface area contributed by atoms with Crippen LogP contribution >= 0.6 is 15.6 Å². The Labute approximate surface area is 619 Å². The maximum absolute atomic E-state index is 13.1. The topological polar surface area (TPSA) is 237 Å². The summed E-state index contributed by atoms with van der Waals surface area (Å²) in [4.78, 5) is 73.1. The van der Waals surface area contributed by atoms with Crippen molar-refractivity contribution < 1.29 is 80.2 Å². The summed E-state index contributed by atoms with van der Waals surface area (Å²) in [5, 5.41) is 10.7. The Morgan fingerprint density at radius 2 is 0.475 bits per heavy atom. The Morgan fingerprint density at radius 3 is 0.703 bits per heavy atom. The van der Waals surface area contributed by atoms with Crippen LogP contribution in [0.3, 0.4) is 0 Å². The Morgan fingerprint density at radius 1 is 0.277 bits per heavy atom. The third-order valence-electron chi connectivity index (χ3n) is 19.8. The summed E-state index contributed by atoms with van der Waals surface area (Å²) < 4.78 is 68.8. The SMILES string of the molecule is CCC(C)CCCCCCCCCCCCCCCCC(=O)O[C@H](COC(=O)CCCCCCCCCCCCCCCCC(C)C)COP(=O)(O)OC[C@@H](O)COP(=O)(O)OC[C@@H](COC(=O)CCCCCCCCCCC(C)CC)OC(=O)CCCCCCCCCCCCCC(C)C. The molecule has 0 heterocycles. The molecule has 19 heteroatoms. The van der Waals surface area contributed by atoms with E-state index in [0.717, 1.165) is 114 Å². The Kier molecular flexibility index (Phi) is 69.6. The minimum Gasteiger partial charge on any atom is -0.462 e. The van der Waals surface area contributed by atoms with Crippen LogP contribution in [0.5, 0.6) is 0 Å². The number of ether oxygens (including phenoxy) is 4. The van der Waals surface area contributed by atoms with Crippen molar-refractivity contribution in [2.24, 2.45) is 23.7 Å². The first-order chi connectivity index (χ1) is 48.7. The van der Waals surface area contributed by atoms with Crippen LogP contribution in [-0.4, -0.2) is 96.7 Å². The van der Waals surface area contributed by atoms with E-state index in [-0.39, 0.29) is 25.7 Å². The van der Waals surface area contributed by atoms with E-state index in [1.54, 1.807) is 0 Å². The summed E-state index contributed by atoms with van der Waals surface area (Å²) in [7, 11) is -9.93. The number of carbonyl (C=O) groups is 4. The van der Waals surface area contributed by atoms with E-state index in [1.807, 2.05) is 0 Å². The van der Waals surface area contributed by atoms with Crippen LogP contribution in [0.15, 0.2) is 0 Å². The van der Waals surface area contributed by atoms with Crippen LogP contribution in [-0.2, 0) is 65.4 Å². The molecule has 0 amide bonds. The van der Waals surface area contributed by atoms with Crippen LogP contribution in [0.2, 0.25) is 0 Å². The van der Waals surface area contributed by atoms with Crippen molar-refractivity contribution >= 4 is 39.5 Å². The van der Waals surface area contributed by atoms with E-state index in [4.69, 9.17) is 37.0 Å². The Bertz CT molecular complexity index is 1980. The summed E-state index contributed by atoms with van der Waals surface area (Å²) in [5.41, 5.74) is 0. The fraction of sp³-hybridized carbons (Fsp3) is 0.951. The monoisotopic (exact) mass is 1480 g/mol. The van der Waals surface area contributed by atoms with E-state index in [0.29, 0.717) is 25.7 Å². The van der Waals surface area contributed by atoms with Crippen molar-refractivity contribution in [2.45, 2.75) is 440 Å². The molecule has 17 nitrogen and oxygen atoms in total. The molecule has 0 aromatic rings. The van der Waals surface area contributed by atoms with Crippen molar-refractivity contribution in [3.63, 3.8) is 0 Å². The highest BCUT2D eigenvalue weighted by molar-refractivity contribution is 7.47. The molecule has 0 aliphatic rings. The summed E-state index contributed by atoms with van der Waals surface area (Å²) in [6, 6.07) is 0. The second-order valence-corrected chi connectivity index (χ2v) is 33.9. The summed E-state index contributed by atoms with van der Waals surface area (Å²) >= 11 is 0. The van der Waals surface area contributed by atoms with Gasteiger partial charge >= 0.3 is 39.5 Å². The second kappa shape index (κ2) is 71.0. The van der Waals surface area contributed by atoms with Gasteiger partial charge < -0.3 is 33.8 Å². The van der Waals surface area contributed by atoms with E-state index in [9.17, 15) is 43.2 Å². The predicted molar refractivity (Wildman–Crippen MR) is 414 cm³/mol. The highest BCUT2D eigenvalue weighted by Crippen LogP contribution is 2.45. The maximum atomic E-state index is 13.1. The number of hydrogen-bond acceptors (Lipinski definition) is 15. The molecule has 0 saturated carbocycles. The van der Waals surface area contributed by atoms with Crippen LogP contribution in [0.4, 0.5) is 0 Å². The first-order valence-electron chi connectivity index (χ1n) is 42.3. The molecular weight excluding hydrogens is 1320 g/mol. The van der Waals surface area contributed by atoms with Crippen LogP contribution in [0.25, 0.3) is 0 Å². The minimum absolute atomic E-state index is 0.106. The standard InChI is InChI=1S/C82H160O17P2/c1-9-74(7)60-52-44-36-28-22-16-12-14-18-24-30-40-48-56-64-81(86)98-77(68-92-79(84)62-54-46-38-29-23-17-13-11-15-20-26-34-42-50-58-72(3)4)70-96-100(88,89)94-66-76(83)67-95-101(90,91)97-71-78(69-93-80(85)63-55-47-39-33-32-37-45-53-61-75(8)10-2)99-82(87)65-57-49-41-31-25-19-21-27-35-43-51-59-73(5)6/h72-78,83H,9-71H2,1-8H3,(H,88,89)(H,90,91)/t74?,75?,76-,77-,78-/m1/s1. The van der Waals surface area contributed by atoms with Gasteiger partial charge in [0.1, 0.15) is 19.3 Å². The van der Waals surface area contributed by atoms with Gasteiger partial charge in [0.2, 0.25) is 0 Å². The zero-order chi connectivity index (χ0) is 74.6. The largest absolute Gasteiger partial charge is 0.472 e. The number of phosphoric acid groups is 2. The molecule has 101 heavy (non-hydrogen) atoms. The predicted octanol–water partition coefficient (Wildman–Crippen LogP) is 24.4. The lowest BCUT2D eigenvalue weighted by atomic mass is 9.99. The third kappa shape index (κ3) is 73.4. The van der Waals surface area contributed by atoms with Crippen molar-refractivity contribution in [3.05, 3.63) is 0 Å². The van der Waals surface area contributed by atoms with E-state index < -0.39 is 97.5 Å². The molecule has 600 valence electrons. The normalized spacial score (nSPS) is 14.5. The quantitative estimate of drug-likeness (QED) is 0.0222. The van der Waals surface area contributed by atoms with Gasteiger partial charge in [0.15, 0.2) is 12.2 Å². The smallest absolute Gasteiger partial charge is 0.462 e. The number of aliphatic hydroxyl groups is 1. The van der Waals surface area contributed by atoms with Gasteiger partial charge in [-0.1, -0.05) is 370 Å². The van der Waals surface area contributed by atoms with Gasteiger partial charge in [-0.25, -0.2) is 9.13 Å². The number of aliphatic hydroxyl groups excluding tert-OH is 1. The fourth-order valence-corrected chi connectivity index (χ4v) is 14.1. The minimum atomic E-state index is -4.96. The zero-order valence-electron chi connectivity index (χ0n) is 66.5. The average molecular weight is 1480 g/mol. The number of esters is 4. The molecule has 0 aromatic carbocycles. The molecule has 0 rings (SSSR count). The van der Waals surface area contributed by atoms with Gasteiger partial charge in [-0.05, 0) is 49.4 Å².